The molecule has 1 atom stereocenters. The van der Waals surface area contributed by atoms with E-state index in [-0.39, 0.29) is 18.6 Å². The number of carbonyl (C=O) groups excluding carboxylic acids is 1. The summed E-state index contributed by atoms with van der Waals surface area (Å²) < 4.78 is 5.51. The van der Waals surface area contributed by atoms with Gasteiger partial charge in [0.2, 0.25) is 5.91 Å². The predicted molar refractivity (Wildman–Crippen MR) is 70.5 cm³/mol. The summed E-state index contributed by atoms with van der Waals surface area (Å²) in [6.45, 7) is 5.93. The van der Waals surface area contributed by atoms with Gasteiger partial charge >= 0.3 is 0 Å². The average molecular weight is 251 g/mol. The number of hydrogen-bond donors (Lipinski definition) is 2. The Hall–Kier alpha value is -1.55. The first-order valence-corrected chi connectivity index (χ1v) is 6.24. The van der Waals surface area contributed by atoms with E-state index in [4.69, 9.17) is 4.74 Å². The van der Waals surface area contributed by atoms with Gasteiger partial charge in [0.15, 0.2) is 0 Å². The molecular formula is C14H21NO3. The van der Waals surface area contributed by atoms with Crippen LogP contribution in [0.5, 0.6) is 5.75 Å². The van der Waals surface area contributed by atoms with E-state index in [9.17, 15) is 9.90 Å². The van der Waals surface area contributed by atoms with E-state index in [1.165, 1.54) is 0 Å². The lowest BCUT2D eigenvalue weighted by Gasteiger charge is -2.14. The first-order valence-electron chi connectivity index (χ1n) is 6.24. The number of benzene rings is 1. The van der Waals surface area contributed by atoms with Gasteiger partial charge in [0.25, 0.3) is 0 Å². The Labute approximate surface area is 108 Å². The van der Waals surface area contributed by atoms with E-state index in [1.807, 2.05) is 26.0 Å². The molecule has 0 spiro atoms. The van der Waals surface area contributed by atoms with Gasteiger partial charge in [-0.05, 0) is 31.5 Å². The molecule has 18 heavy (non-hydrogen) atoms. The van der Waals surface area contributed by atoms with E-state index < -0.39 is 6.10 Å². The molecule has 0 saturated carbocycles. The van der Waals surface area contributed by atoms with Crippen LogP contribution in [-0.4, -0.2) is 23.7 Å². The van der Waals surface area contributed by atoms with Crippen molar-refractivity contribution in [3.8, 4) is 5.75 Å². The summed E-state index contributed by atoms with van der Waals surface area (Å²) in [5.74, 6) is 0.715. The normalized spacial score (nSPS) is 12.3. The average Bonchev–Trinajstić information content (AvgIpc) is 2.35. The van der Waals surface area contributed by atoms with Crippen LogP contribution in [0.15, 0.2) is 24.3 Å². The SMILES string of the molecule is CCC(=O)NCC(O)c1ccc(OC(C)C)cc1. The van der Waals surface area contributed by atoms with Crippen LogP contribution >= 0.6 is 0 Å². The Morgan fingerprint density at radius 1 is 1.33 bits per heavy atom. The van der Waals surface area contributed by atoms with Crippen molar-refractivity contribution in [3.63, 3.8) is 0 Å². The highest BCUT2D eigenvalue weighted by atomic mass is 16.5. The van der Waals surface area contributed by atoms with Gasteiger partial charge < -0.3 is 15.2 Å². The molecule has 2 N–H and O–H groups in total. The van der Waals surface area contributed by atoms with Gasteiger partial charge in [-0.2, -0.15) is 0 Å². The van der Waals surface area contributed by atoms with Gasteiger partial charge in [0, 0.05) is 13.0 Å². The van der Waals surface area contributed by atoms with Gasteiger partial charge in [-0.3, -0.25) is 4.79 Å². The number of hydrogen-bond acceptors (Lipinski definition) is 3. The second kappa shape index (κ2) is 7.01. The maximum atomic E-state index is 11.1. The Bertz CT molecular complexity index is 373. The van der Waals surface area contributed by atoms with Crippen molar-refractivity contribution in [2.75, 3.05) is 6.54 Å². The quantitative estimate of drug-likeness (QED) is 0.813. The van der Waals surface area contributed by atoms with Crippen molar-refractivity contribution in [1.82, 2.24) is 5.32 Å². The van der Waals surface area contributed by atoms with E-state index in [0.29, 0.717) is 6.42 Å². The second-order valence-corrected chi connectivity index (χ2v) is 4.41. The lowest BCUT2D eigenvalue weighted by Crippen LogP contribution is -2.27. The maximum Gasteiger partial charge on any atom is 0.219 e. The molecule has 1 rings (SSSR count). The fraction of sp³-hybridized carbons (Fsp3) is 0.500. The summed E-state index contributed by atoms with van der Waals surface area (Å²) >= 11 is 0. The summed E-state index contributed by atoms with van der Waals surface area (Å²) in [5, 5.41) is 12.5. The number of aliphatic hydroxyl groups excluding tert-OH is 1. The number of ether oxygens (including phenoxy) is 1. The third-order valence-electron chi connectivity index (χ3n) is 2.45. The van der Waals surface area contributed by atoms with Crippen LogP contribution in [-0.2, 0) is 4.79 Å². The zero-order chi connectivity index (χ0) is 13.5. The highest BCUT2D eigenvalue weighted by molar-refractivity contribution is 5.75. The zero-order valence-electron chi connectivity index (χ0n) is 11.1. The van der Waals surface area contributed by atoms with Crippen molar-refractivity contribution in [3.05, 3.63) is 29.8 Å². The van der Waals surface area contributed by atoms with Crippen LogP contribution < -0.4 is 10.1 Å². The van der Waals surface area contributed by atoms with E-state index in [1.54, 1.807) is 19.1 Å². The minimum absolute atomic E-state index is 0.0613. The van der Waals surface area contributed by atoms with Crippen LogP contribution in [0.25, 0.3) is 0 Å². The van der Waals surface area contributed by atoms with Crippen LogP contribution in [0.3, 0.4) is 0 Å². The molecule has 0 bridgehead atoms. The fourth-order valence-corrected chi connectivity index (χ4v) is 1.49. The largest absolute Gasteiger partial charge is 0.491 e. The predicted octanol–water partition coefficient (Wildman–Crippen LogP) is 2.03. The Morgan fingerprint density at radius 3 is 2.44 bits per heavy atom. The smallest absolute Gasteiger partial charge is 0.219 e. The molecule has 0 radical (unpaired) electrons. The van der Waals surface area contributed by atoms with Crippen molar-refractivity contribution in [2.45, 2.75) is 39.4 Å². The molecule has 0 aliphatic heterocycles. The number of amides is 1. The lowest BCUT2D eigenvalue weighted by atomic mass is 10.1. The molecule has 0 aliphatic carbocycles. The highest BCUT2D eigenvalue weighted by Gasteiger charge is 2.09. The standard InChI is InChI=1S/C14H21NO3/c1-4-14(17)15-9-13(16)11-5-7-12(8-6-11)18-10(2)3/h5-8,10,13,16H,4,9H2,1-3H3,(H,15,17). The molecule has 4 heteroatoms. The number of nitrogens with one attached hydrogen (secondary N) is 1. The third kappa shape index (κ3) is 4.75. The molecule has 100 valence electrons. The fourth-order valence-electron chi connectivity index (χ4n) is 1.49. The molecule has 0 aliphatic rings. The summed E-state index contributed by atoms with van der Waals surface area (Å²) in [6, 6.07) is 7.25. The molecule has 1 aromatic rings. The first-order chi connectivity index (χ1) is 8.52. The zero-order valence-corrected chi connectivity index (χ0v) is 11.1. The number of rotatable bonds is 6. The molecule has 0 saturated heterocycles. The molecule has 1 amide bonds. The van der Waals surface area contributed by atoms with Crippen molar-refractivity contribution < 1.29 is 14.6 Å². The summed E-state index contributed by atoms with van der Waals surface area (Å²) in [5.41, 5.74) is 0.766. The molecule has 0 heterocycles. The minimum atomic E-state index is -0.686. The third-order valence-corrected chi connectivity index (χ3v) is 2.45. The lowest BCUT2D eigenvalue weighted by molar-refractivity contribution is -0.121. The van der Waals surface area contributed by atoms with Crippen molar-refractivity contribution in [1.29, 1.82) is 0 Å². The summed E-state index contributed by atoms with van der Waals surface area (Å²) in [4.78, 5) is 11.1. The van der Waals surface area contributed by atoms with Gasteiger partial charge in [0.1, 0.15) is 5.75 Å². The van der Waals surface area contributed by atoms with Crippen LogP contribution in [0, 0.1) is 0 Å². The second-order valence-electron chi connectivity index (χ2n) is 4.41. The molecule has 0 aromatic heterocycles. The van der Waals surface area contributed by atoms with Gasteiger partial charge in [-0.25, -0.2) is 0 Å². The molecular weight excluding hydrogens is 230 g/mol. The number of carbonyl (C=O) groups is 1. The first kappa shape index (κ1) is 14.5. The Kier molecular flexibility index (Phi) is 5.65. The van der Waals surface area contributed by atoms with E-state index in [0.717, 1.165) is 11.3 Å². The topological polar surface area (TPSA) is 58.6 Å². The van der Waals surface area contributed by atoms with Gasteiger partial charge in [0.05, 0.1) is 12.2 Å². The summed E-state index contributed by atoms with van der Waals surface area (Å²) in [6.07, 6.45) is -0.133. The van der Waals surface area contributed by atoms with Crippen LogP contribution in [0.1, 0.15) is 38.9 Å². The summed E-state index contributed by atoms with van der Waals surface area (Å²) in [7, 11) is 0. The van der Waals surface area contributed by atoms with Crippen LogP contribution in [0.4, 0.5) is 0 Å². The molecule has 1 aromatic carbocycles. The Balaban J connectivity index is 2.53. The van der Waals surface area contributed by atoms with Crippen molar-refractivity contribution >= 4 is 5.91 Å². The number of aliphatic hydroxyl groups is 1. The molecule has 0 fully saturated rings. The van der Waals surface area contributed by atoms with E-state index >= 15 is 0 Å². The highest BCUT2D eigenvalue weighted by Crippen LogP contribution is 2.18. The van der Waals surface area contributed by atoms with Gasteiger partial charge in [-0.15, -0.1) is 0 Å². The maximum absolute atomic E-state index is 11.1. The van der Waals surface area contributed by atoms with Crippen molar-refractivity contribution in [2.24, 2.45) is 0 Å². The van der Waals surface area contributed by atoms with E-state index in [2.05, 4.69) is 5.32 Å². The minimum Gasteiger partial charge on any atom is -0.491 e. The Morgan fingerprint density at radius 2 is 1.94 bits per heavy atom. The molecule has 4 nitrogen and oxygen atoms in total. The van der Waals surface area contributed by atoms with Crippen LogP contribution in [0.2, 0.25) is 0 Å². The molecule has 1 unspecified atom stereocenters. The van der Waals surface area contributed by atoms with Gasteiger partial charge in [-0.1, -0.05) is 19.1 Å². The monoisotopic (exact) mass is 251 g/mol.